The van der Waals surface area contributed by atoms with Crippen LogP contribution >= 0.6 is 0 Å². The maximum Gasteiger partial charge on any atom is 0.331 e. The number of nitrogens with zero attached hydrogens (tertiary/aromatic N) is 3. The molecule has 0 saturated heterocycles. The van der Waals surface area contributed by atoms with Crippen molar-refractivity contribution in [1.82, 2.24) is 14.9 Å². The lowest BCUT2D eigenvalue weighted by Crippen LogP contribution is -2.40. The molecule has 156 valence electrons. The fourth-order valence-electron chi connectivity index (χ4n) is 2.75. The van der Waals surface area contributed by atoms with Gasteiger partial charge in [0, 0.05) is 18.8 Å². The van der Waals surface area contributed by atoms with Crippen LogP contribution in [0.2, 0.25) is 0 Å². The summed E-state index contributed by atoms with van der Waals surface area (Å²) in [5.41, 5.74) is 0.418. The summed E-state index contributed by atoms with van der Waals surface area (Å²) in [6.45, 7) is 3.35. The fourth-order valence-corrected chi connectivity index (χ4v) is 2.75. The normalized spacial score (nSPS) is 10.8. The Labute approximate surface area is 171 Å². The van der Waals surface area contributed by atoms with Gasteiger partial charge < -0.3 is 10.1 Å². The second-order valence-corrected chi connectivity index (χ2v) is 6.97. The first-order valence-electron chi connectivity index (χ1n) is 9.24. The molecule has 9 heteroatoms. The van der Waals surface area contributed by atoms with Crippen LogP contribution in [-0.4, -0.2) is 34.6 Å². The van der Waals surface area contributed by atoms with Gasteiger partial charge in [-0.25, -0.2) is 19.0 Å². The van der Waals surface area contributed by atoms with Gasteiger partial charge in [0.15, 0.2) is 0 Å². The van der Waals surface area contributed by atoms with E-state index in [0.717, 1.165) is 10.6 Å². The zero-order valence-electron chi connectivity index (χ0n) is 16.8. The van der Waals surface area contributed by atoms with Gasteiger partial charge in [0.2, 0.25) is 0 Å². The van der Waals surface area contributed by atoms with Crippen molar-refractivity contribution in [3.05, 3.63) is 65.0 Å². The van der Waals surface area contributed by atoms with Gasteiger partial charge >= 0.3 is 12.0 Å². The van der Waals surface area contributed by atoms with Gasteiger partial charge in [0.1, 0.15) is 18.1 Å². The SMILES string of the molecule is CC(C)NC(=O)N(C)c1ccc(OC(=O)Cn2cnc3ccc(F)cc3c2=O)cc1. The number of nitrogens with one attached hydrogen (secondary N) is 1. The van der Waals surface area contributed by atoms with Crippen molar-refractivity contribution in [2.45, 2.75) is 26.4 Å². The number of ether oxygens (including phenoxy) is 1. The first-order chi connectivity index (χ1) is 14.2. The van der Waals surface area contributed by atoms with Crippen LogP contribution in [0.3, 0.4) is 0 Å². The van der Waals surface area contributed by atoms with Crippen LogP contribution in [-0.2, 0) is 11.3 Å². The number of halogens is 1. The number of urea groups is 1. The van der Waals surface area contributed by atoms with Gasteiger partial charge in [-0.2, -0.15) is 0 Å². The molecule has 0 saturated carbocycles. The van der Waals surface area contributed by atoms with Crippen molar-refractivity contribution >= 4 is 28.6 Å². The Morgan fingerprint density at radius 1 is 1.20 bits per heavy atom. The summed E-state index contributed by atoms with van der Waals surface area (Å²) in [4.78, 5) is 42.2. The van der Waals surface area contributed by atoms with E-state index in [4.69, 9.17) is 4.74 Å². The molecule has 0 radical (unpaired) electrons. The van der Waals surface area contributed by atoms with Gasteiger partial charge in [-0.1, -0.05) is 0 Å². The van der Waals surface area contributed by atoms with E-state index in [9.17, 15) is 18.8 Å². The number of carbonyl (C=O) groups excluding carboxylic acids is 2. The van der Waals surface area contributed by atoms with E-state index >= 15 is 0 Å². The Balaban J connectivity index is 1.68. The van der Waals surface area contributed by atoms with E-state index in [-0.39, 0.29) is 29.8 Å². The number of fused-ring (bicyclic) bond motifs is 1. The summed E-state index contributed by atoms with van der Waals surface area (Å²) in [5, 5.41) is 2.86. The Hall–Kier alpha value is -3.75. The largest absolute Gasteiger partial charge is 0.425 e. The summed E-state index contributed by atoms with van der Waals surface area (Å²) in [6.07, 6.45) is 1.22. The third-order valence-corrected chi connectivity index (χ3v) is 4.26. The summed E-state index contributed by atoms with van der Waals surface area (Å²) in [5.74, 6) is -0.989. The maximum absolute atomic E-state index is 13.4. The summed E-state index contributed by atoms with van der Waals surface area (Å²) in [7, 11) is 1.63. The lowest BCUT2D eigenvalue weighted by molar-refractivity contribution is -0.135. The number of amides is 2. The molecule has 2 amide bonds. The summed E-state index contributed by atoms with van der Waals surface area (Å²) >= 11 is 0. The number of carbonyl (C=O) groups is 2. The number of rotatable bonds is 5. The van der Waals surface area contributed by atoms with Crippen molar-refractivity contribution in [2.24, 2.45) is 0 Å². The second-order valence-electron chi connectivity index (χ2n) is 6.97. The fraction of sp³-hybridized carbons (Fsp3) is 0.238. The molecule has 1 aromatic heterocycles. The van der Waals surface area contributed by atoms with Gasteiger partial charge in [0.05, 0.1) is 17.2 Å². The molecule has 3 aromatic rings. The van der Waals surface area contributed by atoms with Gasteiger partial charge in [-0.15, -0.1) is 0 Å². The third-order valence-electron chi connectivity index (χ3n) is 4.26. The van der Waals surface area contributed by atoms with E-state index in [2.05, 4.69) is 10.3 Å². The molecule has 0 fully saturated rings. The van der Waals surface area contributed by atoms with Crippen LogP contribution in [0.15, 0.2) is 53.6 Å². The lowest BCUT2D eigenvalue weighted by Gasteiger charge is -2.20. The first kappa shape index (κ1) is 21.0. The molecule has 0 bridgehead atoms. The number of hydrogen-bond acceptors (Lipinski definition) is 5. The first-order valence-corrected chi connectivity index (χ1v) is 9.24. The van der Waals surface area contributed by atoms with Crippen LogP contribution in [0.1, 0.15) is 13.8 Å². The number of benzene rings is 2. The summed E-state index contributed by atoms with van der Waals surface area (Å²) in [6, 6.07) is 9.79. The smallest absolute Gasteiger partial charge is 0.331 e. The maximum atomic E-state index is 13.4. The summed E-state index contributed by atoms with van der Waals surface area (Å²) < 4.78 is 19.7. The third kappa shape index (κ3) is 4.80. The number of aromatic nitrogens is 2. The molecule has 1 heterocycles. The highest BCUT2D eigenvalue weighted by Crippen LogP contribution is 2.19. The van der Waals surface area contributed by atoms with E-state index in [1.54, 1.807) is 31.3 Å². The van der Waals surface area contributed by atoms with Gasteiger partial charge in [0.25, 0.3) is 5.56 Å². The molecule has 0 aliphatic rings. The minimum Gasteiger partial charge on any atom is -0.425 e. The second kappa shape index (κ2) is 8.73. The van der Waals surface area contributed by atoms with Crippen LogP contribution < -0.4 is 20.5 Å². The average molecular weight is 412 g/mol. The van der Waals surface area contributed by atoms with Crippen LogP contribution in [0, 0.1) is 5.82 Å². The lowest BCUT2D eigenvalue weighted by atomic mass is 10.2. The Morgan fingerprint density at radius 2 is 1.90 bits per heavy atom. The molecular weight excluding hydrogens is 391 g/mol. The highest BCUT2D eigenvalue weighted by Gasteiger charge is 2.13. The van der Waals surface area contributed by atoms with E-state index in [0.29, 0.717) is 11.2 Å². The quantitative estimate of drug-likeness (QED) is 0.514. The molecule has 30 heavy (non-hydrogen) atoms. The molecule has 0 aliphatic heterocycles. The van der Waals surface area contributed by atoms with E-state index < -0.39 is 17.3 Å². The molecule has 0 atom stereocenters. The standard InChI is InChI=1S/C21H21FN4O4/c1-13(2)24-21(29)25(3)15-5-7-16(8-6-15)30-19(27)11-26-12-23-18-9-4-14(22)10-17(18)20(26)28/h4-10,12-13H,11H2,1-3H3,(H,24,29). The molecule has 0 spiro atoms. The minimum atomic E-state index is -0.687. The molecule has 2 aromatic carbocycles. The van der Waals surface area contributed by atoms with Crippen molar-refractivity contribution in [2.75, 3.05) is 11.9 Å². The van der Waals surface area contributed by atoms with Gasteiger partial charge in [-0.05, 0) is 56.3 Å². The molecule has 0 aliphatic carbocycles. The molecule has 0 unspecified atom stereocenters. The molecule has 3 rings (SSSR count). The van der Waals surface area contributed by atoms with Crippen molar-refractivity contribution < 1.29 is 18.7 Å². The zero-order chi connectivity index (χ0) is 21.8. The topological polar surface area (TPSA) is 93.5 Å². The predicted octanol–water partition coefficient (Wildman–Crippen LogP) is 2.70. The van der Waals surface area contributed by atoms with Crippen molar-refractivity contribution in [3.8, 4) is 5.75 Å². The van der Waals surface area contributed by atoms with Crippen molar-refractivity contribution in [3.63, 3.8) is 0 Å². The van der Waals surface area contributed by atoms with Gasteiger partial charge in [-0.3, -0.25) is 14.3 Å². The van der Waals surface area contributed by atoms with Crippen LogP contribution in [0.5, 0.6) is 5.75 Å². The molecule has 8 nitrogen and oxygen atoms in total. The Kier molecular flexibility index (Phi) is 6.10. The monoisotopic (exact) mass is 412 g/mol. The average Bonchev–Trinajstić information content (AvgIpc) is 2.70. The predicted molar refractivity (Wildman–Crippen MR) is 110 cm³/mol. The van der Waals surface area contributed by atoms with E-state index in [1.165, 1.54) is 23.4 Å². The molecular formula is C21H21FN4O4. The van der Waals surface area contributed by atoms with Crippen molar-refractivity contribution in [1.29, 1.82) is 0 Å². The van der Waals surface area contributed by atoms with Crippen LogP contribution in [0.4, 0.5) is 14.9 Å². The number of esters is 1. The zero-order valence-corrected chi connectivity index (χ0v) is 16.8. The minimum absolute atomic E-state index is 0.00433. The highest BCUT2D eigenvalue weighted by atomic mass is 19.1. The highest BCUT2D eigenvalue weighted by molar-refractivity contribution is 5.91. The van der Waals surface area contributed by atoms with E-state index in [1.807, 2.05) is 13.8 Å². The Morgan fingerprint density at radius 3 is 2.57 bits per heavy atom. The number of hydrogen-bond donors (Lipinski definition) is 1. The molecule has 1 N–H and O–H groups in total. The Bertz CT molecular complexity index is 1140. The van der Waals surface area contributed by atoms with Crippen LogP contribution in [0.25, 0.3) is 10.9 Å². The number of anilines is 1.